The lowest BCUT2D eigenvalue weighted by atomic mass is 10.0. The van der Waals surface area contributed by atoms with Crippen molar-refractivity contribution in [2.45, 2.75) is 13.8 Å². The highest BCUT2D eigenvalue weighted by Crippen LogP contribution is 2.24. The minimum atomic E-state index is 0.675. The van der Waals surface area contributed by atoms with Crippen LogP contribution in [0.25, 0.3) is 12.2 Å². The van der Waals surface area contributed by atoms with Crippen LogP contribution in [0.15, 0.2) is 55.6 Å². The van der Waals surface area contributed by atoms with Crippen molar-refractivity contribution in [1.82, 2.24) is 0 Å². The molecule has 0 radical (unpaired) electrons. The molecule has 3 nitrogen and oxygen atoms in total. The van der Waals surface area contributed by atoms with Gasteiger partial charge in [0.15, 0.2) is 0 Å². The normalized spacial score (nSPS) is 8.48. The van der Waals surface area contributed by atoms with Crippen LogP contribution in [-0.2, 0) is 0 Å². The number of hydrogen-bond donors (Lipinski definition) is 3. The predicted molar refractivity (Wildman–Crippen MR) is 97.7 cm³/mol. The van der Waals surface area contributed by atoms with Crippen LogP contribution in [0.1, 0.15) is 25.0 Å². The van der Waals surface area contributed by atoms with Gasteiger partial charge in [0.05, 0.1) is 0 Å². The molecule has 2 aromatic carbocycles. The minimum absolute atomic E-state index is 0.675. The number of nitrogen functional groups attached to an aromatic ring is 3. The summed E-state index contributed by atoms with van der Waals surface area (Å²) in [4.78, 5) is 0. The Hall–Kier alpha value is -2.68. The summed E-state index contributed by atoms with van der Waals surface area (Å²) in [6.07, 6.45) is 3.37. The average Bonchev–Trinajstić information content (AvgIpc) is 2.52. The second kappa shape index (κ2) is 10.1. The van der Waals surface area contributed by atoms with E-state index < -0.39 is 0 Å². The molecule has 0 heterocycles. The zero-order valence-corrected chi connectivity index (χ0v) is 12.8. The molecule has 112 valence electrons. The predicted octanol–water partition coefficient (Wildman–Crippen LogP) is 4.43. The molecule has 0 saturated carbocycles. The summed E-state index contributed by atoms with van der Waals surface area (Å²) < 4.78 is 0. The summed E-state index contributed by atoms with van der Waals surface area (Å²) in [5, 5.41) is 0. The average molecular weight is 283 g/mol. The van der Waals surface area contributed by atoms with Gasteiger partial charge in [0.2, 0.25) is 0 Å². The smallest absolute Gasteiger partial charge is 0.0395 e. The van der Waals surface area contributed by atoms with Gasteiger partial charge in [-0.25, -0.2) is 0 Å². The zero-order valence-electron chi connectivity index (χ0n) is 12.8. The maximum atomic E-state index is 5.70. The van der Waals surface area contributed by atoms with Crippen LogP contribution in [0.5, 0.6) is 0 Å². The van der Waals surface area contributed by atoms with Crippen LogP contribution in [-0.4, -0.2) is 0 Å². The molecule has 0 unspecified atom stereocenters. The van der Waals surface area contributed by atoms with E-state index in [1.54, 1.807) is 24.3 Å². The number of hydrogen-bond acceptors (Lipinski definition) is 3. The fourth-order valence-corrected chi connectivity index (χ4v) is 1.58. The Morgan fingerprint density at radius 3 is 1.33 bits per heavy atom. The number of benzene rings is 2. The summed E-state index contributed by atoms with van der Waals surface area (Å²) in [6, 6.07) is 13.0. The first-order valence-corrected chi connectivity index (χ1v) is 6.83. The molecule has 0 aliphatic rings. The largest absolute Gasteiger partial charge is 0.399 e. The molecule has 2 rings (SSSR count). The van der Waals surface area contributed by atoms with Gasteiger partial charge in [-0.05, 0) is 24.3 Å². The molecule has 0 atom stereocenters. The van der Waals surface area contributed by atoms with Crippen LogP contribution in [0.3, 0.4) is 0 Å². The molecule has 0 saturated heterocycles. The van der Waals surface area contributed by atoms with E-state index in [1.807, 2.05) is 44.2 Å². The summed E-state index contributed by atoms with van der Waals surface area (Å²) >= 11 is 0. The maximum Gasteiger partial charge on any atom is 0.0395 e. The molecule has 0 spiro atoms. The summed E-state index contributed by atoms with van der Waals surface area (Å²) in [5.74, 6) is 0. The van der Waals surface area contributed by atoms with Gasteiger partial charge in [0.25, 0.3) is 0 Å². The van der Waals surface area contributed by atoms with E-state index in [4.69, 9.17) is 17.2 Å². The van der Waals surface area contributed by atoms with Crippen molar-refractivity contribution in [1.29, 1.82) is 0 Å². The molecule has 0 bridgehead atoms. The lowest BCUT2D eigenvalue weighted by Gasteiger charge is -2.07. The Morgan fingerprint density at radius 1 is 0.714 bits per heavy atom. The van der Waals surface area contributed by atoms with E-state index in [0.717, 1.165) is 16.8 Å². The topological polar surface area (TPSA) is 78.1 Å². The number of para-hydroxylation sites is 1. The van der Waals surface area contributed by atoms with Crippen LogP contribution in [0.4, 0.5) is 17.1 Å². The monoisotopic (exact) mass is 283 g/mol. The van der Waals surface area contributed by atoms with Gasteiger partial charge in [0, 0.05) is 28.2 Å². The number of anilines is 3. The van der Waals surface area contributed by atoms with Crippen LogP contribution in [0, 0.1) is 0 Å². The zero-order chi connectivity index (χ0) is 16.3. The fourth-order valence-electron chi connectivity index (χ4n) is 1.58. The molecule has 21 heavy (non-hydrogen) atoms. The Kier molecular flexibility index (Phi) is 8.85. The maximum absolute atomic E-state index is 5.70. The molecule has 6 N–H and O–H groups in total. The van der Waals surface area contributed by atoms with Crippen LogP contribution < -0.4 is 17.2 Å². The third-order valence-corrected chi connectivity index (χ3v) is 2.56. The van der Waals surface area contributed by atoms with Gasteiger partial charge < -0.3 is 17.2 Å². The SMILES string of the molecule is C=Cc1c(N)ccc(N)c1C=C.CC.Nc1ccccc1. The first kappa shape index (κ1) is 18.3. The third-order valence-electron chi connectivity index (χ3n) is 2.56. The minimum Gasteiger partial charge on any atom is -0.399 e. The quantitative estimate of drug-likeness (QED) is 0.713. The summed E-state index contributed by atoms with van der Waals surface area (Å²) in [7, 11) is 0. The van der Waals surface area contributed by atoms with Crippen molar-refractivity contribution in [2.24, 2.45) is 0 Å². The van der Waals surface area contributed by atoms with Gasteiger partial charge in [-0.1, -0.05) is 57.4 Å². The van der Waals surface area contributed by atoms with Crippen molar-refractivity contribution >= 4 is 29.2 Å². The Labute approximate surface area is 127 Å². The van der Waals surface area contributed by atoms with Crippen molar-refractivity contribution in [3.8, 4) is 0 Å². The molecular weight excluding hydrogens is 258 g/mol. The Morgan fingerprint density at radius 2 is 1.10 bits per heavy atom. The molecule has 2 aromatic rings. The van der Waals surface area contributed by atoms with E-state index >= 15 is 0 Å². The fraction of sp³-hybridized carbons (Fsp3) is 0.111. The van der Waals surface area contributed by atoms with Gasteiger partial charge in [0.1, 0.15) is 0 Å². The number of rotatable bonds is 2. The lowest BCUT2D eigenvalue weighted by Crippen LogP contribution is -1.96. The highest BCUT2D eigenvalue weighted by Gasteiger charge is 2.02. The van der Waals surface area contributed by atoms with Gasteiger partial charge in [-0.2, -0.15) is 0 Å². The number of nitrogens with two attached hydrogens (primary N) is 3. The van der Waals surface area contributed by atoms with Crippen molar-refractivity contribution in [2.75, 3.05) is 17.2 Å². The van der Waals surface area contributed by atoms with Crippen molar-refractivity contribution < 1.29 is 0 Å². The summed E-state index contributed by atoms with van der Waals surface area (Å²) in [6.45, 7) is 11.3. The van der Waals surface area contributed by atoms with Crippen molar-refractivity contribution in [3.63, 3.8) is 0 Å². The molecule has 0 fully saturated rings. The molecule has 3 heteroatoms. The van der Waals surface area contributed by atoms with Gasteiger partial charge >= 0.3 is 0 Å². The van der Waals surface area contributed by atoms with Crippen LogP contribution >= 0.6 is 0 Å². The Bertz CT molecular complexity index is 527. The summed E-state index contributed by atoms with van der Waals surface area (Å²) in [5.41, 5.74) is 20.6. The van der Waals surface area contributed by atoms with Gasteiger partial charge in [-0.3, -0.25) is 0 Å². The van der Waals surface area contributed by atoms with Gasteiger partial charge in [-0.15, -0.1) is 0 Å². The second-order valence-electron chi connectivity index (χ2n) is 3.89. The molecule has 0 aliphatic heterocycles. The van der Waals surface area contributed by atoms with E-state index in [2.05, 4.69) is 13.2 Å². The Balaban J connectivity index is 0.000000377. The molecular formula is C18H25N3. The molecule has 0 amide bonds. The van der Waals surface area contributed by atoms with E-state index in [0.29, 0.717) is 11.4 Å². The highest BCUT2D eigenvalue weighted by atomic mass is 14.6. The van der Waals surface area contributed by atoms with E-state index in [1.165, 1.54) is 0 Å². The van der Waals surface area contributed by atoms with Crippen molar-refractivity contribution in [3.05, 3.63) is 66.7 Å². The van der Waals surface area contributed by atoms with E-state index in [-0.39, 0.29) is 0 Å². The standard InChI is InChI=1S/C10H12N2.C6H7N.C2H6/c1-3-7-8(4-2)10(12)6-5-9(7)11;7-6-4-2-1-3-5-6;1-2/h3-6H,1-2,11-12H2;1-5H,7H2;1-2H3. The molecule has 0 aromatic heterocycles. The first-order valence-electron chi connectivity index (χ1n) is 6.83. The van der Waals surface area contributed by atoms with E-state index in [9.17, 15) is 0 Å². The lowest BCUT2D eigenvalue weighted by molar-refractivity contribution is 1.50. The second-order valence-corrected chi connectivity index (χ2v) is 3.89. The third kappa shape index (κ3) is 5.87. The molecule has 0 aliphatic carbocycles. The first-order chi connectivity index (χ1) is 10.1. The highest BCUT2D eigenvalue weighted by molar-refractivity contribution is 5.80. The van der Waals surface area contributed by atoms with Crippen LogP contribution in [0.2, 0.25) is 0 Å².